The number of benzene rings is 1. The largest absolute Gasteiger partial charge is 0.508 e. The monoisotopic (exact) mass is 942 g/mol. The Morgan fingerprint density at radius 3 is 1.20 bits per heavy atom. The molecule has 9 amide bonds. The Bertz CT molecular complexity index is 1980. The van der Waals surface area contributed by atoms with Crippen LogP contribution in [0.25, 0.3) is 0 Å². The summed E-state index contributed by atoms with van der Waals surface area (Å²) in [6.07, 6.45) is -9.92. The van der Waals surface area contributed by atoms with Gasteiger partial charge in [-0.25, -0.2) is 4.79 Å². The molecular formula is C37H54N10O19. The number of carboxylic acids is 3. The molecule has 0 saturated heterocycles. The van der Waals surface area contributed by atoms with Crippen molar-refractivity contribution in [2.45, 2.75) is 120 Å². The molecule has 66 heavy (non-hydrogen) atoms. The molecule has 11 atom stereocenters. The molecule has 0 aromatic heterocycles. The Morgan fingerprint density at radius 1 is 0.470 bits per heavy atom. The molecule has 0 aliphatic carbocycles. The number of rotatable bonds is 28. The van der Waals surface area contributed by atoms with Crippen molar-refractivity contribution >= 4 is 71.1 Å². The quantitative estimate of drug-likeness (QED) is 0.0371. The van der Waals surface area contributed by atoms with Crippen molar-refractivity contribution in [3.8, 4) is 5.75 Å². The Morgan fingerprint density at radius 2 is 0.803 bits per heavy atom. The van der Waals surface area contributed by atoms with E-state index < -0.39 is 170 Å². The smallest absolute Gasteiger partial charge is 0.328 e. The highest BCUT2D eigenvalue weighted by Gasteiger charge is 2.38. The second-order valence-corrected chi connectivity index (χ2v) is 14.8. The van der Waals surface area contributed by atoms with Crippen molar-refractivity contribution in [2.24, 2.45) is 17.2 Å². The van der Waals surface area contributed by atoms with Crippen molar-refractivity contribution < 1.29 is 93.3 Å². The van der Waals surface area contributed by atoms with Gasteiger partial charge in [-0.3, -0.25) is 52.7 Å². The average molecular weight is 943 g/mol. The standard InChI is InChI=1S/C37H54N10O19/c1-13(48)27(46-36(64)28(14(2)49)45-30(58)18(38)9-23(39)52)35(63)44-20(10-24(40)53)32(60)42-21(11-25(54)55)33(61)41-19(8-16-4-6-17(51)7-5-16)31(59)43-22(12-26(56)57)34(62)47-29(15(3)50)37(65)66/h4-7,13-15,18-22,27-29,48-51H,8-12,38H2,1-3H3,(H2,39,52)(H2,40,53)(H,41,61)(H,42,60)(H,43,59)(H,44,63)(H,45,58)(H,46,64)(H,47,62)(H,54,55)(H,56,57)(H,65,66)/t13-,14-,15-,18+,19+,20+,21+,22+,27+,28+,29+/m1/s1. The van der Waals surface area contributed by atoms with Gasteiger partial charge in [-0.2, -0.15) is 0 Å². The molecule has 0 spiro atoms. The minimum absolute atomic E-state index is 0.184. The van der Waals surface area contributed by atoms with Gasteiger partial charge in [0.2, 0.25) is 53.2 Å². The number of nitrogens with one attached hydrogen (secondary N) is 7. The number of carboxylic acid groups (broad SMARTS) is 3. The number of carbonyl (C=O) groups is 12. The molecular weight excluding hydrogens is 888 g/mol. The zero-order valence-corrected chi connectivity index (χ0v) is 35.5. The molecule has 0 bridgehead atoms. The Labute approximate surface area is 373 Å². The van der Waals surface area contributed by atoms with E-state index in [1.165, 1.54) is 12.1 Å². The maximum atomic E-state index is 13.7. The second kappa shape index (κ2) is 26.3. The summed E-state index contributed by atoms with van der Waals surface area (Å²) in [5.74, 6) is -17.2. The van der Waals surface area contributed by atoms with E-state index in [9.17, 15) is 93.3 Å². The summed E-state index contributed by atoms with van der Waals surface area (Å²) in [7, 11) is 0. The van der Waals surface area contributed by atoms with Gasteiger partial charge >= 0.3 is 17.9 Å². The van der Waals surface area contributed by atoms with E-state index in [4.69, 9.17) is 17.2 Å². The summed E-state index contributed by atoms with van der Waals surface area (Å²) in [4.78, 5) is 151. The lowest BCUT2D eigenvalue weighted by Crippen LogP contribution is -2.63. The Kier molecular flexibility index (Phi) is 22.5. The third kappa shape index (κ3) is 19.5. The van der Waals surface area contributed by atoms with Gasteiger partial charge in [0.25, 0.3) is 0 Å². The lowest BCUT2D eigenvalue weighted by atomic mass is 10.0. The van der Waals surface area contributed by atoms with Crippen LogP contribution in [0.2, 0.25) is 0 Å². The van der Waals surface area contributed by atoms with Crippen LogP contribution in [0, 0.1) is 0 Å². The number of aromatic hydroxyl groups is 1. The van der Waals surface area contributed by atoms with Crippen LogP contribution in [0.15, 0.2) is 24.3 Å². The van der Waals surface area contributed by atoms with Crippen molar-refractivity contribution in [2.75, 3.05) is 0 Å². The number of nitrogens with two attached hydrogens (primary N) is 3. The first-order valence-corrected chi connectivity index (χ1v) is 19.5. The van der Waals surface area contributed by atoms with E-state index in [1.807, 2.05) is 31.9 Å². The predicted molar refractivity (Wildman–Crippen MR) is 218 cm³/mol. The van der Waals surface area contributed by atoms with Crippen LogP contribution in [0.5, 0.6) is 5.75 Å². The van der Waals surface area contributed by atoms with Gasteiger partial charge in [-0.1, -0.05) is 12.1 Å². The number of amides is 9. The Balaban J connectivity index is 3.51. The lowest BCUT2D eigenvalue weighted by Gasteiger charge is -2.28. The molecule has 0 unspecified atom stereocenters. The van der Waals surface area contributed by atoms with Gasteiger partial charge in [-0.15, -0.1) is 0 Å². The summed E-state index contributed by atoms with van der Waals surface area (Å²) in [5, 5.41) is 82.6. The first-order valence-electron chi connectivity index (χ1n) is 19.5. The fourth-order valence-electron chi connectivity index (χ4n) is 5.60. The maximum absolute atomic E-state index is 13.7. The molecule has 29 heteroatoms. The maximum Gasteiger partial charge on any atom is 0.328 e. The molecule has 0 fully saturated rings. The highest BCUT2D eigenvalue weighted by atomic mass is 16.4. The molecule has 0 heterocycles. The minimum atomic E-state index is -2.18. The molecule has 20 N–H and O–H groups in total. The summed E-state index contributed by atoms with van der Waals surface area (Å²) in [6.45, 7) is 3.00. The molecule has 0 aliphatic rings. The number of phenolic OH excluding ortho intramolecular Hbond substituents is 1. The number of phenols is 1. The zero-order valence-electron chi connectivity index (χ0n) is 35.5. The zero-order chi connectivity index (χ0) is 50.7. The fraction of sp³-hybridized carbons (Fsp3) is 0.514. The van der Waals surface area contributed by atoms with Crippen LogP contribution < -0.4 is 54.4 Å². The van der Waals surface area contributed by atoms with E-state index in [1.54, 1.807) is 0 Å². The summed E-state index contributed by atoms with van der Waals surface area (Å²) in [6, 6.07) is -10.8. The van der Waals surface area contributed by atoms with Crippen molar-refractivity contribution in [3.63, 3.8) is 0 Å². The highest BCUT2D eigenvalue weighted by molar-refractivity contribution is 6.00. The topological polar surface area (TPSA) is 509 Å². The average Bonchev–Trinajstić information content (AvgIpc) is 3.18. The SMILES string of the molecule is C[C@@H](O)[C@H](NC(=O)[C@H](CC(=O)O)NC(=O)[C@H](Cc1ccc(O)cc1)NC(=O)[C@H](CC(=O)O)NC(=O)[C@H](CC(N)=O)NC(=O)[C@@H](NC(=O)[C@@H](NC(=O)[C@@H](N)CC(N)=O)[C@@H](C)O)[C@@H](C)O)C(=O)O. The molecule has 1 aromatic carbocycles. The summed E-state index contributed by atoms with van der Waals surface area (Å²) >= 11 is 0. The third-order valence-corrected chi connectivity index (χ3v) is 9.00. The third-order valence-electron chi connectivity index (χ3n) is 9.00. The van der Waals surface area contributed by atoms with Crippen LogP contribution in [-0.4, -0.2) is 173 Å². The Hall–Kier alpha value is -7.50. The fourth-order valence-corrected chi connectivity index (χ4v) is 5.60. The van der Waals surface area contributed by atoms with Crippen LogP contribution in [0.4, 0.5) is 0 Å². The van der Waals surface area contributed by atoms with E-state index in [0.29, 0.717) is 0 Å². The number of aliphatic carboxylic acids is 3. The van der Waals surface area contributed by atoms with Crippen molar-refractivity contribution in [1.82, 2.24) is 37.2 Å². The minimum Gasteiger partial charge on any atom is -0.508 e. The molecule has 366 valence electrons. The van der Waals surface area contributed by atoms with Crippen LogP contribution >= 0.6 is 0 Å². The van der Waals surface area contributed by atoms with Crippen LogP contribution in [-0.2, 0) is 64.0 Å². The summed E-state index contributed by atoms with van der Waals surface area (Å²) in [5.41, 5.74) is 16.0. The molecule has 0 saturated carbocycles. The lowest BCUT2D eigenvalue weighted by molar-refractivity contribution is -0.146. The molecule has 1 aromatic rings. The van der Waals surface area contributed by atoms with Gasteiger partial charge in [-0.05, 0) is 38.5 Å². The van der Waals surface area contributed by atoms with E-state index in [0.717, 1.165) is 32.9 Å². The first kappa shape index (κ1) is 56.5. The molecule has 1 rings (SSSR count). The molecule has 29 nitrogen and oxygen atoms in total. The van der Waals surface area contributed by atoms with E-state index >= 15 is 0 Å². The highest BCUT2D eigenvalue weighted by Crippen LogP contribution is 2.13. The number of carbonyl (C=O) groups excluding carboxylic acids is 9. The van der Waals surface area contributed by atoms with Gasteiger partial charge in [0.1, 0.15) is 42.0 Å². The van der Waals surface area contributed by atoms with Crippen LogP contribution in [0.3, 0.4) is 0 Å². The molecule has 0 radical (unpaired) electrons. The van der Waals surface area contributed by atoms with E-state index in [2.05, 4.69) is 5.32 Å². The van der Waals surface area contributed by atoms with Gasteiger partial charge in [0.05, 0.1) is 50.0 Å². The number of hydrogen-bond donors (Lipinski definition) is 17. The van der Waals surface area contributed by atoms with Gasteiger partial charge < -0.3 is 90.2 Å². The number of primary amides is 2. The first-order chi connectivity index (χ1) is 30.5. The van der Waals surface area contributed by atoms with Crippen molar-refractivity contribution in [3.05, 3.63) is 29.8 Å². The van der Waals surface area contributed by atoms with E-state index in [-0.39, 0.29) is 11.3 Å². The van der Waals surface area contributed by atoms with Gasteiger partial charge in [0.15, 0.2) is 6.04 Å². The van der Waals surface area contributed by atoms with Crippen LogP contribution in [0.1, 0.15) is 52.0 Å². The number of hydrogen-bond acceptors (Lipinski definition) is 17. The second-order valence-electron chi connectivity index (χ2n) is 14.8. The predicted octanol–water partition coefficient (Wildman–Crippen LogP) is -8.42. The normalized spacial score (nSPS) is 15.9. The number of aliphatic hydroxyl groups is 3. The molecule has 0 aliphatic heterocycles. The summed E-state index contributed by atoms with van der Waals surface area (Å²) < 4.78 is 0. The van der Waals surface area contributed by atoms with Gasteiger partial charge in [0, 0.05) is 6.42 Å². The number of aliphatic hydroxyl groups excluding tert-OH is 3. The van der Waals surface area contributed by atoms with Crippen molar-refractivity contribution in [1.29, 1.82) is 0 Å².